The summed E-state index contributed by atoms with van der Waals surface area (Å²) in [5.74, 6) is -0.283. The van der Waals surface area contributed by atoms with Crippen molar-refractivity contribution >= 4 is 5.71 Å². The second kappa shape index (κ2) is 3.97. The summed E-state index contributed by atoms with van der Waals surface area (Å²) in [5.41, 5.74) is 1.08. The van der Waals surface area contributed by atoms with E-state index in [2.05, 4.69) is 0 Å². The molecule has 0 aromatic heterocycles. The van der Waals surface area contributed by atoms with Crippen molar-refractivity contribution in [1.29, 1.82) is 5.41 Å². The molecule has 64 valence electrons. The zero-order chi connectivity index (χ0) is 8.97. The molecule has 0 amide bonds. The largest absolute Gasteiger partial charge is 0.390 e. The first-order valence-electron chi connectivity index (χ1n) is 3.64. The van der Waals surface area contributed by atoms with Gasteiger partial charge >= 0.3 is 0 Å². The number of nitrogens with one attached hydrogen (secondary N) is 1. The summed E-state index contributed by atoms with van der Waals surface area (Å²) >= 11 is 0. The third kappa shape index (κ3) is 2.43. The van der Waals surface area contributed by atoms with Crippen LogP contribution in [0.1, 0.15) is 5.56 Å². The monoisotopic (exact) mass is 167 g/mol. The van der Waals surface area contributed by atoms with E-state index in [0.717, 1.165) is 5.56 Å². The minimum Gasteiger partial charge on any atom is -0.390 e. The predicted octanol–water partition coefficient (Wildman–Crippen LogP) is 1.38. The lowest BCUT2D eigenvalue weighted by atomic mass is 10.1. The molecule has 12 heavy (non-hydrogen) atoms. The summed E-state index contributed by atoms with van der Waals surface area (Å²) in [7, 11) is 0. The number of hydrogen-bond acceptors (Lipinski definition) is 2. The molecule has 0 bridgehead atoms. The zero-order valence-corrected chi connectivity index (χ0v) is 6.55. The van der Waals surface area contributed by atoms with Crippen molar-refractivity contribution in [3.05, 3.63) is 35.6 Å². The molecule has 0 heterocycles. The van der Waals surface area contributed by atoms with Gasteiger partial charge in [-0.3, -0.25) is 0 Å². The molecule has 0 saturated heterocycles. The van der Waals surface area contributed by atoms with Gasteiger partial charge in [0.15, 0.2) is 0 Å². The van der Waals surface area contributed by atoms with Crippen LogP contribution in [0, 0.1) is 11.2 Å². The minimum absolute atomic E-state index is 0.238. The molecule has 0 spiro atoms. The Labute approximate surface area is 70.2 Å². The maximum absolute atomic E-state index is 12.4. The third-order valence-corrected chi connectivity index (χ3v) is 1.52. The molecule has 3 heteroatoms. The Morgan fingerprint density at radius 3 is 2.42 bits per heavy atom. The first-order chi connectivity index (χ1) is 5.72. The summed E-state index contributed by atoms with van der Waals surface area (Å²) in [6.07, 6.45) is 0.386. The smallest absolute Gasteiger partial charge is 0.123 e. The molecule has 0 atom stereocenters. The Kier molecular flexibility index (Phi) is 2.94. The summed E-state index contributed by atoms with van der Waals surface area (Å²) in [5, 5.41) is 15.7. The summed E-state index contributed by atoms with van der Waals surface area (Å²) in [4.78, 5) is 0. The van der Waals surface area contributed by atoms with E-state index in [1.807, 2.05) is 0 Å². The van der Waals surface area contributed by atoms with Crippen molar-refractivity contribution in [3.8, 4) is 0 Å². The molecule has 1 aromatic carbocycles. The normalized spacial score (nSPS) is 9.83. The molecule has 0 aliphatic rings. The Bertz CT molecular complexity index is 268. The molecule has 1 rings (SSSR count). The van der Waals surface area contributed by atoms with E-state index in [9.17, 15) is 4.39 Å². The predicted molar refractivity (Wildman–Crippen MR) is 44.9 cm³/mol. The van der Waals surface area contributed by atoms with Gasteiger partial charge in [0.2, 0.25) is 0 Å². The third-order valence-electron chi connectivity index (χ3n) is 1.52. The van der Waals surface area contributed by atoms with Crippen molar-refractivity contribution < 1.29 is 9.50 Å². The Balaban J connectivity index is 2.64. The fourth-order valence-corrected chi connectivity index (χ4v) is 0.905. The van der Waals surface area contributed by atoms with Crippen molar-refractivity contribution in [2.24, 2.45) is 0 Å². The highest BCUT2D eigenvalue weighted by Gasteiger charge is 1.97. The Morgan fingerprint density at radius 1 is 1.33 bits per heavy atom. The van der Waals surface area contributed by atoms with Crippen LogP contribution in [-0.2, 0) is 6.42 Å². The van der Waals surface area contributed by atoms with Gasteiger partial charge in [-0.15, -0.1) is 0 Å². The lowest BCUT2D eigenvalue weighted by Gasteiger charge is -1.99. The molecule has 1 aromatic rings. The van der Waals surface area contributed by atoms with Crippen molar-refractivity contribution in [2.75, 3.05) is 6.61 Å². The number of benzene rings is 1. The van der Waals surface area contributed by atoms with Crippen LogP contribution in [0.2, 0.25) is 0 Å². The molecule has 0 unspecified atom stereocenters. The standard InChI is InChI=1S/C9H10FNO/c10-8-3-1-7(2-4-8)5-9(11)6-12/h1-4,11-12H,5-6H2. The SMILES string of the molecule is N=C(CO)Cc1ccc(F)cc1. The van der Waals surface area contributed by atoms with E-state index < -0.39 is 0 Å². The van der Waals surface area contributed by atoms with Crippen LogP contribution >= 0.6 is 0 Å². The van der Waals surface area contributed by atoms with Gasteiger partial charge in [-0.1, -0.05) is 12.1 Å². The van der Waals surface area contributed by atoms with E-state index in [4.69, 9.17) is 10.5 Å². The van der Waals surface area contributed by atoms with Crippen LogP contribution in [-0.4, -0.2) is 17.4 Å². The molecule has 0 aliphatic heterocycles. The topological polar surface area (TPSA) is 44.1 Å². The van der Waals surface area contributed by atoms with Gasteiger partial charge in [0.05, 0.1) is 6.61 Å². The molecule has 0 aliphatic carbocycles. The first-order valence-corrected chi connectivity index (χ1v) is 3.64. The van der Waals surface area contributed by atoms with E-state index in [0.29, 0.717) is 6.42 Å². The average molecular weight is 167 g/mol. The number of rotatable bonds is 3. The van der Waals surface area contributed by atoms with Crippen LogP contribution < -0.4 is 0 Å². The molecular formula is C9H10FNO. The molecule has 2 nitrogen and oxygen atoms in total. The van der Waals surface area contributed by atoms with E-state index >= 15 is 0 Å². The Morgan fingerprint density at radius 2 is 1.92 bits per heavy atom. The quantitative estimate of drug-likeness (QED) is 0.656. The van der Waals surface area contributed by atoms with Gasteiger partial charge in [0.1, 0.15) is 5.82 Å². The summed E-state index contributed by atoms with van der Waals surface area (Å²) < 4.78 is 12.4. The maximum atomic E-state index is 12.4. The van der Waals surface area contributed by atoms with Crippen LogP contribution in [0.25, 0.3) is 0 Å². The summed E-state index contributed by atoms with van der Waals surface area (Å²) in [6, 6.07) is 5.92. The first kappa shape index (κ1) is 8.87. The molecule has 0 saturated carbocycles. The van der Waals surface area contributed by atoms with Crippen LogP contribution in [0.5, 0.6) is 0 Å². The van der Waals surface area contributed by atoms with Crippen LogP contribution in [0.3, 0.4) is 0 Å². The minimum atomic E-state index is -0.283. The highest BCUT2D eigenvalue weighted by atomic mass is 19.1. The average Bonchev–Trinajstić information content (AvgIpc) is 2.09. The van der Waals surface area contributed by atoms with Gasteiger partial charge in [0.25, 0.3) is 0 Å². The second-order valence-corrected chi connectivity index (χ2v) is 2.56. The lowest BCUT2D eigenvalue weighted by molar-refractivity contribution is 0.354. The van der Waals surface area contributed by atoms with E-state index in [-0.39, 0.29) is 18.1 Å². The molecular weight excluding hydrogens is 157 g/mol. The highest BCUT2D eigenvalue weighted by molar-refractivity contribution is 5.84. The van der Waals surface area contributed by atoms with E-state index in [1.54, 1.807) is 12.1 Å². The van der Waals surface area contributed by atoms with Crippen LogP contribution in [0.15, 0.2) is 24.3 Å². The van der Waals surface area contributed by atoms with Gasteiger partial charge in [-0.25, -0.2) is 4.39 Å². The van der Waals surface area contributed by atoms with Crippen molar-refractivity contribution in [2.45, 2.75) is 6.42 Å². The summed E-state index contributed by atoms with van der Waals surface area (Å²) in [6.45, 7) is -0.239. The van der Waals surface area contributed by atoms with Gasteiger partial charge < -0.3 is 10.5 Å². The molecule has 0 fully saturated rings. The fourth-order valence-electron chi connectivity index (χ4n) is 0.905. The molecule has 2 N–H and O–H groups in total. The van der Waals surface area contributed by atoms with Crippen molar-refractivity contribution in [1.82, 2.24) is 0 Å². The lowest BCUT2D eigenvalue weighted by Crippen LogP contribution is -2.06. The number of halogens is 1. The van der Waals surface area contributed by atoms with Gasteiger partial charge in [-0.05, 0) is 17.7 Å². The van der Waals surface area contributed by atoms with Crippen LogP contribution in [0.4, 0.5) is 4.39 Å². The second-order valence-electron chi connectivity index (χ2n) is 2.56. The number of aliphatic hydroxyl groups excluding tert-OH is 1. The fraction of sp³-hybridized carbons (Fsp3) is 0.222. The highest BCUT2D eigenvalue weighted by Crippen LogP contribution is 2.03. The van der Waals surface area contributed by atoms with Crippen molar-refractivity contribution in [3.63, 3.8) is 0 Å². The maximum Gasteiger partial charge on any atom is 0.123 e. The van der Waals surface area contributed by atoms with Gasteiger partial charge in [0, 0.05) is 12.1 Å². The Hall–Kier alpha value is -1.22. The zero-order valence-electron chi connectivity index (χ0n) is 6.55. The van der Waals surface area contributed by atoms with E-state index in [1.165, 1.54) is 12.1 Å². The number of aliphatic hydroxyl groups is 1. The van der Waals surface area contributed by atoms with Gasteiger partial charge in [-0.2, -0.15) is 0 Å². The number of hydrogen-bond donors (Lipinski definition) is 2. The molecule has 0 radical (unpaired) electrons.